The molecule has 0 aliphatic rings. The van der Waals surface area contributed by atoms with E-state index in [1.807, 2.05) is 24.3 Å². The van der Waals surface area contributed by atoms with Gasteiger partial charge in [0.1, 0.15) is 5.56 Å². The number of rotatable bonds is 2. The SMILES string of the molecule is COC(=O)c1c(C)nn2c(-c3ccccn3)ccnc12. The number of carbonyl (C=O) groups is 1. The van der Waals surface area contributed by atoms with Gasteiger partial charge < -0.3 is 4.74 Å². The van der Waals surface area contributed by atoms with E-state index in [-0.39, 0.29) is 0 Å². The van der Waals surface area contributed by atoms with E-state index in [1.54, 1.807) is 23.8 Å². The molecule has 0 saturated heterocycles. The quantitative estimate of drug-likeness (QED) is 0.664. The van der Waals surface area contributed by atoms with E-state index >= 15 is 0 Å². The molecule has 3 aromatic rings. The predicted octanol–water partition coefficient (Wildman–Crippen LogP) is 1.89. The van der Waals surface area contributed by atoms with Crippen molar-refractivity contribution in [3.8, 4) is 11.4 Å². The molecule has 0 bridgehead atoms. The molecular formula is C14H12N4O2. The topological polar surface area (TPSA) is 69.4 Å². The highest BCUT2D eigenvalue weighted by molar-refractivity contribution is 5.97. The first-order valence-corrected chi connectivity index (χ1v) is 6.06. The Balaban J connectivity index is 2.30. The minimum absolute atomic E-state index is 0.380. The Bertz CT molecular complexity index is 780. The maximum absolute atomic E-state index is 11.8. The van der Waals surface area contributed by atoms with Crippen LogP contribution in [0.15, 0.2) is 36.7 Å². The summed E-state index contributed by atoms with van der Waals surface area (Å²) in [6.45, 7) is 1.75. The third kappa shape index (κ3) is 1.82. The van der Waals surface area contributed by atoms with Crippen molar-refractivity contribution in [2.45, 2.75) is 6.92 Å². The molecule has 3 aromatic heterocycles. The van der Waals surface area contributed by atoms with Gasteiger partial charge in [0.2, 0.25) is 0 Å². The van der Waals surface area contributed by atoms with Gasteiger partial charge in [-0.15, -0.1) is 0 Å². The highest BCUT2D eigenvalue weighted by Crippen LogP contribution is 2.21. The van der Waals surface area contributed by atoms with Crippen molar-refractivity contribution in [2.24, 2.45) is 0 Å². The van der Waals surface area contributed by atoms with E-state index in [4.69, 9.17) is 4.74 Å². The van der Waals surface area contributed by atoms with Crippen molar-refractivity contribution in [3.63, 3.8) is 0 Å². The van der Waals surface area contributed by atoms with Crippen LogP contribution in [0.3, 0.4) is 0 Å². The molecule has 0 aliphatic carbocycles. The van der Waals surface area contributed by atoms with Crippen LogP contribution in [0.5, 0.6) is 0 Å². The highest BCUT2D eigenvalue weighted by atomic mass is 16.5. The summed E-state index contributed by atoms with van der Waals surface area (Å²) in [6, 6.07) is 7.43. The van der Waals surface area contributed by atoms with Crippen LogP contribution in [0.4, 0.5) is 0 Å². The van der Waals surface area contributed by atoms with Crippen LogP contribution in [0.2, 0.25) is 0 Å². The van der Waals surface area contributed by atoms with Gasteiger partial charge in [-0.1, -0.05) is 6.07 Å². The molecular weight excluding hydrogens is 256 g/mol. The van der Waals surface area contributed by atoms with Crippen LogP contribution in [0, 0.1) is 6.92 Å². The Morgan fingerprint density at radius 1 is 1.20 bits per heavy atom. The number of methoxy groups -OCH3 is 1. The van der Waals surface area contributed by atoms with Crippen LogP contribution in [-0.2, 0) is 4.74 Å². The summed E-state index contributed by atoms with van der Waals surface area (Å²) in [5.41, 5.74) is 2.96. The second-order valence-corrected chi connectivity index (χ2v) is 4.23. The molecule has 0 amide bonds. The van der Waals surface area contributed by atoms with E-state index in [0.717, 1.165) is 11.4 Å². The zero-order valence-electron chi connectivity index (χ0n) is 11.1. The first-order chi connectivity index (χ1) is 9.72. The van der Waals surface area contributed by atoms with Crippen LogP contribution in [0.25, 0.3) is 17.0 Å². The molecule has 20 heavy (non-hydrogen) atoms. The second kappa shape index (κ2) is 4.73. The lowest BCUT2D eigenvalue weighted by atomic mass is 10.2. The molecule has 3 rings (SSSR count). The van der Waals surface area contributed by atoms with Gasteiger partial charge in [-0.05, 0) is 25.1 Å². The van der Waals surface area contributed by atoms with Gasteiger partial charge >= 0.3 is 5.97 Å². The van der Waals surface area contributed by atoms with Crippen molar-refractivity contribution in [3.05, 3.63) is 47.9 Å². The van der Waals surface area contributed by atoms with Gasteiger partial charge in [-0.25, -0.2) is 14.3 Å². The molecule has 0 atom stereocenters. The van der Waals surface area contributed by atoms with E-state index in [2.05, 4.69) is 15.1 Å². The first-order valence-electron chi connectivity index (χ1n) is 6.06. The van der Waals surface area contributed by atoms with Gasteiger partial charge in [0.05, 0.1) is 24.2 Å². The predicted molar refractivity (Wildman–Crippen MR) is 72.3 cm³/mol. The Morgan fingerprint density at radius 2 is 2.05 bits per heavy atom. The molecule has 6 nitrogen and oxygen atoms in total. The van der Waals surface area contributed by atoms with Crippen molar-refractivity contribution in [2.75, 3.05) is 7.11 Å². The number of fused-ring (bicyclic) bond motifs is 1. The number of ether oxygens (including phenoxy) is 1. The number of pyridine rings is 1. The molecule has 100 valence electrons. The highest BCUT2D eigenvalue weighted by Gasteiger charge is 2.20. The van der Waals surface area contributed by atoms with Gasteiger partial charge in [0, 0.05) is 12.4 Å². The van der Waals surface area contributed by atoms with Gasteiger partial charge in [-0.2, -0.15) is 5.10 Å². The van der Waals surface area contributed by atoms with Crippen LogP contribution < -0.4 is 0 Å². The number of hydrogen-bond acceptors (Lipinski definition) is 5. The number of hydrogen-bond donors (Lipinski definition) is 0. The molecule has 3 heterocycles. The molecule has 0 aromatic carbocycles. The minimum Gasteiger partial charge on any atom is -0.465 e. The van der Waals surface area contributed by atoms with Gasteiger partial charge in [0.15, 0.2) is 5.65 Å². The lowest BCUT2D eigenvalue weighted by Crippen LogP contribution is -2.03. The summed E-state index contributed by atoms with van der Waals surface area (Å²) in [5, 5.41) is 4.37. The zero-order chi connectivity index (χ0) is 14.1. The van der Waals surface area contributed by atoms with Gasteiger partial charge in [-0.3, -0.25) is 4.98 Å². The third-order valence-corrected chi connectivity index (χ3v) is 3.01. The maximum atomic E-state index is 11.8. The lowest BCUT2D eigenvalue weighted by Gasteiger charge is -2.03. The van der Waals surface area contributed by atoms with Crippen molar-refractivity contribution >= 4 is 11.6 Å². The van der Waals surface area contributed by atoms with Crippen molar-refractivity contribution in [1.82, 2.24) is 19.6 Å². The summed E-state index contributed by atoms with van der Waals surface area (Å²) in [7, 11) is 1.34. The molecule has 0 N–H and O–H groups in total. The summed E-state index contributed by atoms with van der Waals surface area (Å²) in [5.74, 6) is -0.442. The Labute approximate surface area is 115 Å². The minimum atomic E-state index is -0.442. The van der Waals surface area contributed by atoms with E-state index in [0.29, 0.717) is 16.9 Å². The standard InChI is InChI=1S/C14H12N4O2/c1-9-12(14(19)20-2)13-16-8-6-11(18(13)17-9)10-5-3-4-7-15-10/h3-8H,1-2H3. The van der Waals surface area contributed by atoms with Crippen LogP contribution in [0.1, 0.15) is 16.1 Å². The van der Waals surface area contributed by atoms with E-state index < -0.39 is 5.97 Å². The number of carbonyl (C=O) groups excluding carboxylic acids is 1. The van der Waals surface area contributed by atoms with Crippen molar-refractivity contribution in [1.29, 1.82) is 0 Å². The molecule has 6 heteroatoms. The first kappa shape index (κ1) is 12.3. The average Bonchev–Trinajstić information content (AvgIpc) is 2.83. The van der Waals surface area contributed by atoms with Crippen molar-refractivity contribution < 1.29 is 9.53 Å². The number of esters is 1. The normalized spacial score (nSPS) is 10.7. The average molecular weight is 268 g/mol. The number of nitrogens with zero attached hydrogens (tertiary/aromatic N) is 4. The Morgan fingerprint density at radius 3 is 2.75 bits per heavy atom. The molecule has 0 fully saturated rings. The third-order valence-electron chi connectivity index (χ3n) is 3.01. The fourth-order valence-electron chi connectivity index (χ4n) is 2.10. The maximum Gasteiger partial charge on any atom is 0.343 e. The monoisotopic (exact) mass is 268 g/mol. The Hall–Kier alpha value is -2.76. The summed E-state index contributed by atoms with van der Waals surface area (Å²) < 4.78 is 6.40. The molecule has 0 unspecified atom stereocenters. The zero-order valence-corrected chi connectivity index (χ0v) is 11.1. The van der Waals surface area contributed by atoms with Crippen LogP contribution >= 0.6 is 0 Å². The summed E-state index contributed by atoms with van der Waals surface area (Å²) in [4.78, 5) is 20.4. The van der Waals surface area contributed by atoms with E-state index in [1.165, 1.54) is 7.11 Å². The fourth-order valence-corrected chi connectivity index (χ4v) is 2.10. The molecule has 0 radical (unpaired) electrons. The molecule has 0 spiro atoms. The van der Waals surface area contributed by atoms with E-state index in [9.17, 15) is 4.79 Å². The van der Waals surface area contributed by atoms with Gasteiger partial charge in [0.25, 0.3) is 0 Å². The summed E-state index contributed by atoms with van der Waals surface area (Å²) in [6.07, 6.45) is 3.34. The number of aryl methyl sites for hydroxylation is 1. The Kier molecular flexibility index (Phi) is 2.90. The molecule has 0 saturated carbocycles. The lowest BCUT2D eigenvalue weighted by molar-refractivity contribution is 0.0602. The van der Waals surface area contributed by atoms with Crippen LogP contribution in [-0.4, -0.2) is 32.7 Å². The smallest absolute Gasteiger partial charge is 0.343 e. The number of aromatic nitrogens is 4. The fraction of sp³-hybridized carbons (Fsp3) is 0.143. The second-order valence-electron chi connectivity index (χ2n) is 4.23. The molecule has 0 aliphatic heterocycles. The largest absolute Gasteiger partial charge is 0.465 e. The summed E-state index contributed by atoms with van der Waals surface area (Å²) >= 11 is 0.